The van der Waals surface area contributed by atoms with Crippen LogP contribution in [0.1, 0.15) is 23.0 Å². The lowest BCUT2D eigenvalue weighted by Crippen LogP contribution is -2.24. The van der Waals surface area contributed by atoms with Crippen LogP contribution >= 0.6 is 11.6 Å². The number of aromatic nitrogens is 3. The zero-order valence-electron chi connectivity index (χ0n) is 13.6. The molecule has 6 nitrogen and oxygen atoms in total. The third-order valence-corrected chi connectivity index (χ3v) is 4.08. The summed E-state index contributed by atoms with van der Waals surface area (Å²) in [6, 6.07) is 16.9. The molecule has 0 aliphatic heterocycles. The van der Waals surface area contributed by atoms with Crippen molar-refractivity contribution in [2.24, 2.45) is 0 Å². The first-order valence-corrected chi connectivity index (χ1v) is 8.22. The Morgan fingerprint density at radius 3 is 2.44 bits per heavy atom. The van der Waals surface area contributed by atoms with E-state index in [4.69, 9.17) is 11.6 Å². The minimum absolute atomic E-state index is 0.0994. The van der Waals surface area contributed by atoms with Crippen LogP contribution in [-0.4, -0.2) is 32.6 Å². The fraction of sp³-hybridized carbons (Fsp3) is 0.167. The molecular weight excluding hydrogens is 340 g/mol. The number of benzene rings is 2. The van der Waals surface area contributed by atoms with Crippen molar-refractivity contribution in [2.75, 3.05) is 11.4 Å². The Kier molecular flexibility index (Phi) is 5.00. The van der Waals surface area contributed by atoms with Gasteiger partial charge < -0.3 is 10.0 Å². The average Bonchev–Trinajstić information content (AvgIpc) is 3.06. The van der Waals surface area contributed by atoms with Gasteiger partial charge in [-0.2, -0.15) is 0 Å². The van der Waals surface area contributed by atoms with Crippen molar-refractivity contribution in [3.05, 3.63) is 70.9 Å². The van der Waals surface area contributed by atoms with Crippen molar-refractivity contribution in [2.45, 2.75) is 13.5 Å². The first kappa shape index (κ1) is 17.0. The minimum Gasteiger partial charge on any atom is -0.476 e. The van der Waals surface area contributed by atoms with Gasteiger partial charge in [-0.1, -0.05) is 54.1 Å². The van der Waals surface area contributed by atoms with Gasteiger partial charge >= 0.3 is 5.97 Å². The molecule has 0 aliphatic rings. The van der Waals surface area contributed by atoms with E-state index >= 15 is 0 Å². The topological polar surface area (TPSA) is 71.2 Å². The van der Waals surface area contributed by atoms with E-state index in [-0.39, 0.29) is 5.69 Å². The monoisotopic (exact) mass is 356 g/mol. The molecule has 0 unspecified atom stereocenters. The fourth-order valence-corrected chi connectivity index (χ4v) is 2.72. The van der Waals surface area contributed by atoms with E-state index in [1.807, 2.05) is 42.2 Å². The number of para-hydroxylation sites is 1. The van der Waals surface area contributed by atoms with Crippen LogP contribution in [0.2, 0.25) is 5.02 Å². The van der Waals surface area contributed by atoms with Gasteiger partial charge in [0.05, 0.1) is 5.02 Å². The van der Waals surface area contributed by atoms with Gasteiger partial charge in [0, 0.05) is 13.1 Å². The maximum Gasteiger partial charge on any atom is 0.360 e. The summed E-state index contributed by atoms with van der Waals surface area (Å²) in [6.07, 6.45) is 0. The number of carboxylic acid groups (broad SMARTS) is 1. The highest BCUT2D eigenvalue weighted by molar-refractivity contribution is 6.32. The van der Waals surface area contributed by atoms with E-state index in [9.17, 15) is 9.90 Å². The summed E-state index contributed by atoms with van der Waals surface area (Å²) in [6.45, 7) is 3.08. The summed E-state index contributed by atoms with van der Waals surface area (Å²) in [4.78, 5) is 14.8. The van der Waals surface area contributed by atoms with Crippen molar-refractivity contribution in [3.63, 3.8) is 0 Å². The average molecular weight is 357 g/mol. The van der Waals surface area contributed by atoms with Gasteiger partial charge in [-0.3, -0.25) is 0 Å². The Labute approximate surface area is 150 Å². The SMILES string of the molecule is CCN(Cc1ccccc1)c1nn(-c2ccccc2Cl)nc1C(=O)O. The predicted octanol–water partition coefficient (Wildman–Crippen LogP) is 3.65. The molecule has 0 atom stereocenters. The van der Waals surface area contributed by atoms with Crippen LogP contribution in [-0.2, 0) is 6.54 Å². The van der Waals surface area contributed by atoms with Crippen LogP contribution in [0.4, 0.5) is 5.82 Å². The molecule has 0 spiro atoms. The lowest BCUT2D eigenvalue weighted by Gasteiger charge is -2.20. The molecule has 7 heteroatoms. The molecular formula is C18H17ClN4O2. The Morgan fingerprint density at radius 1 is 1.12 bits per heavy atom. The number of rotatable bonds is 6. The molecule has 0 fully saturated rings. The second kappa shape index (κ2) is 7.36. The van der Waals surface area contributed by atoms with E-state index in [1.54, 1.807) is 24.3 Å². The Balaban J connectivity index is 2.02. The number of halogens is 1. The molecule has 0 bridgehead atoms. The first-order chi connectivity index (χ1) is 12.1. The molecule has 3 aromatic rings. The number of carbonyl (C=O) groups is 1. The van der Waals surface area contributed by atoms with Crippen molar-refractivity contribution >= 4 is 23.4 Å². The summed E-state index contributed by atoms with van der Waals surface area (Å²) < 4.78 is 0. The van der Waals surface area contributed by atoms with Crippen LogP contribution < -0.4 is 4.90 Å². The molecule has 25 heavy (non-hydrogen) atoms. The molecule has 0 amide bonds. The van der Waals surface area contributed by atoms with Crippen LogP contribution in [0.3, 0.4) is 0 Å². The minimum atomic E-state index is -1.13. The highest BCUT2D eigenvalue weighted by atomic mass is 35.5. The molecule has 0 saturated carbocycles. The van der Waals surface area contributed by atoms with E-state index < -0.39 is 5.97 Å². The summed E-state index contributed by atoms with van der Waals surface area (Å²) >= 11 is 6.18. The highest BCUT2D eigenvalue weighted by Crippen LogP contribution is 2.23. The lowest BCUT2D eigenvalue weighted by molar-refractivity contribution is 0.0690. The molecule has 0 radical (unpaired) electrons. The number of aromatic carboxylic acids is 1. The van der Waals surface area contributed by atoms with E-state index in [0.717, 1.165) is 5.56 Å². The quantitative estimate of drug-likeness (QED) is 0.730. The summed E-state index contributed by atoms with van der Waals surface area (Å²) in [5.41, 5.74) is 1.50. The van der Waals surface area contributed by atoms with E-state index in [2.05, 4.69) is 10.2 Å². The molecule has 1 heterocycles. The lowest BCUT2D eigenvalue weighted by atomic mass is 10.2. The third kappa shape index (κ3) is 3.64. The molecule has 1 aromatic heterocycles. The number of hydrogen-bond donors (Lipinski definition) is 1. The van der Waals surface area contributed by atoms with E-state index in [0.29, 0.717) is 29.6 Å². The normalized spacial score (nSPS) is 10.6. The van der Waals surface area contributed by atoms with Gasteiger partial charge in [0.25, 0.3) is 0 Å². The third-order valence-electron chi connectivity index (χ3n) is 3.76. The Morgan fingerprint density at radius 2 is 1.80 bits per heavy atom. The number of carboxylic acids is 1. The molecule has 3 rings (SSSR count). The van der Waals surface area contributed by atoms with Crippen molar-refractivity contribution in [1.29, 1.82) is 0 Å². The van der Waals surface area contributed by atoms with Gasteiger partial charge in [-0.05, 0) is 24.6 Å². The Bertz CT molecular complexity index is 880. The van der Waals surface area contributed by atoms with Crippen LogP contribution in [0.25, 0.3) is 5.69 Å². The van der Waals surface area contributed by atoms with Crippen molar-refractivity contribution in [1.82, 2.24) is 15.0 Å². The summed E-state index contributed by atoms with van der Waals surface area (Å²) in [7, 11) is 0. The largest absolute Gasteiger partial charge is 0.476 e. The smallest absolute Gasteiger partial charge is 0.360 e. The Hall–Kier alpha value is -2.86. The molecule has 0 aliphatic carbocycles. The van der Waals surface area contributed by atoms with Crippen LogP contribution in [0, 0.1) is 0 Å². The second-order valence-electron chi connectivity index (χ2n) is 5.42. The number of nitrogens with zero attached hydrogens (tertiary/aromatic N) is 4. The van der Waals surface area contributed by atoms with Crippen molar-refractivity contribution in [3.8, 4) is 5.69 Å². The molecule has 2 aromatic carbocycles. The van der Waals surface area contributed by atoms with Crippen LogP contribution in [0.5, 0.6) is 0 Å². The van der Waals surface area contributed by atoms with E-state index in [1.165, 1.54) is 4.80 Å². The molecule has 128 valence electrons. The predicted molar refractivity (Wildman–Crippen MR) is 96.5 cm³/mol. The zero-order valence-corrected chi connectivity index (χ0v) is 14.4. The van der Waals surface area contributed by atoms with Gasteiger partial charge in [-0.15, -0.1) is 15.0 Å². The van der Waals surface area contributed by atoms with Gasteiger partial charge in [0.1, 0.15) is 5.69 Å². The fourth-order valence-electron chi connectivity index (χ4n) is 2.51. The standard InChI is InChI=1S/C18H17ClN4O2/c1-2-22(12-13-8-4-3-5-9-13)17-16(18(24)25)20-23(21-17)15-11-7-6-10-14(15)19/h3-11H,2,12H2,1H3,(H,24,25). The number of hydrogen-bond acceptors (Lipinski definition) is 4. The maximum absolute atomic E-state index is 11.6. The molecule has 1 N–H and O–H groups in total. The molecule has 0 saturated heterocycles. The van der Waals surface area contributed by atoms with Gasteiger partial charge in [0.2, 0.25) is 5.69 Å². The zero-order chi connectivity index (χ0) is 17.8. The van der Waals surface area contributed by atoms with Crippen molar-refractivity contribution < 1.29 is 9.90 Å². The van der Waals surface area contributed by atoms with Crippen LogP contribution in [0.15, 0.2) is 54.6 Å². The summed E-state index contributed by atoms with van der Waals surface area (Å²) in [5.74, 6) is -0.807. The second-order valence-corrected chi connectivity index (χ2v) is 5.83. The number of anilines is 1. The van der Waals surface area contributed by atoms with Gasteiger partial charge in [-0.25, -0.2) is 4.79 Å². The maximum atomic E-state index is 11.6. The summed E-state index contributed by atoms with van der Waals surface area (Å²) in [5, 5.41) is 18.5. The van der Waals surface area contributed by atoms with Gasteiger partial charge in [0.15, 0.2) is 5.82 Å². The first-order valence-electron chi connectivity index (χ1n) is 7.84. The highest BCUT2D eigenvalue weighted by Gasteiger charge is 2.23.